The number of carbonyl (C=O) groups excluding carboxylic acids is 3. The molecule has 0 aliphatic carbocycles. The molecule has 3 heterocycles. The third-order valence-corrected chi connectivity index (χ3v) is 7.05. The number of imide groups is 1. The molecule has 3 saturated heterocycles. The van der Waals surface area contributed by atoms with Gasteiger partial charge in [-0.05, 0) is 51.8 Å². The average molecular weight is 402 g/mol. The third-order valence-electron chi connectivity index (χ3n) is 7.05. The molecule has 5 heteroatoms. The molecule has 5 rings (SSSR count). The van der Waals surface area contributed by atoms with Gasteiger partial charge in [0.05, 0.1) is 23.6 Å². The van der Waals surface area contributed by atoms with Crippen LogP contribution in [0.3, 0.4) is 0 Å². The highest BCUT2D eigenvalue weighted by molar-refractivity contribution is 6.24. The monoisotopic (exact) mass is 402 g/mol. The van der Waals surface area contributed by atoms with Gasteiger partial charge in [0.15, 0.2) is 5.78 Å². The van der Waals surface area contributed by atoms with Gasteiger partial charge >= 0.3 is 0 Å². The molecule has 0 unspecified atom stereocenters. The number of carbonyl (C=O) groups is 3. The highest BCUT2D eigenvalue weighted by atomic mass is 16.2. The minimum absolute atomic E-state index is 0.0263. The number of rotatable bonds is 3. The quantitative estimate of drug-likeness (QED) is 0.583. The Kier molecular flexibility index (Phi) is 4.40. The van der Waals surface area contributed by atoms with Crippen molar-refractivity contribution in [3.63, 3.8) is 0 Å². The van der Waals surface area contributed by atoms with E-state index in [9.17, 15) is 14.4 Å². The lowest BCUT2D eigenvalue weighted by molar-refractivity contribution is -0.123. The first-order chi connectivity index (χ1) is 14.4. The second-order valence-electron chi connectivity index (χ2n) is 8.98. The number of Topliss-reactive ketones (excluding diaryl/α,β-unsaturated/α-hetero) is 1. The maximum absolute atomic E-state index is 13.6. The minimum Gasteiger partial charge on any atom is -0.292 e. The SMILES string of the molecule is Cc1ccc(C(=O)[C@@H]2[C@@H]3C(=O)N(c4ccc(C)cc4C)C(=O)[C@H]3[C@H]3CCCN32)cc1. The highest BCUT2D eigenvalue weighted by Crippen LogP contribution is 2.48. The van der Waals surface area contributed by atoms with Gasteiger partial charge in [-0.15, -0.1) is 0 Å². The molecule has 0 bridgehead atoms. The summed E-state index contributed by atoms with van der Waals surface area (Å²) in [4.78, 5) is 44.1. The molecule has 0 radical (unpaired) electrons. The van der Waals surface area contributed by atoms with Crippen molar-refractivity contribution in [2.45, 2.75) is 45.7 Å². The van der Waals surface area contributed by atoms with Crippen LogP contribution in [-0.4, -0.2) is 41.1 Å². The fourth-order valence-electron chi connectivity index (χ4n) is 5.70. The molecule has 3 aliphatic heterocycles. The van der Waals surface area contributed by atoms with Gasteiger partial charge < -0.3 is 0 Å². The highest BCUT2D eigenvalue weighted by Gasteiger charge is 2.64. The van der Waals surface area contributed by atoms with Gasteiger partial charge in [-0.2, -0.15) is 0 Å². The summed E-state index contributed by atoms with van der Waals surface area (Å²) in [5.74, 6) is -1.44. The van der Waals surface area contributed by atoms with Gasteiger partial charge in [-0.25, -0.2) is 4.90 Å². The van der Waals surface area contributed by atoms with Crippen LogP contribution in [0.2, 0.25) is 0 Å². The molecule has 0 spiro atoms. The molecule has 4 atom stereocenters. The van der Waals surface area contributed by atoms with Crippen molar-refractivity contribution >= 4 is 23.3 Å². The van der Waals surface area contributed by atoms with Crippen molar-refractivity contribution in [1.29, 1.82) is 0 Å². The van der Waals surface area contributed by atoms with Gasteiger partial charge in [-0.1, -0.05) is 47.5 Å². The summed E-state index contributed by atoms with van der Waals surface area (Å²) in [6, 6.07) is 12.7. The molecule has 154 valence electrons. The van der Waals surface area contributed by atoms with Gasteiger partial charge in [0, 0.05) is 11.6 Å². The van der Waals surface area contributed by atoms with Gasteiger partial charge in [0.1, 0.15) is 0 Å². The number of fused-ring (bicyclic) bond motifs is 3. The Hall–Kier alpha value is -2.79. The maximum atomic E-state index is 13.6. The van der Waals surface area contributed by atoms with Crippen LogP contribution in [0.25, 0.3) is 0 Å². The molecule has 3 fully saturated rings. The summed E-state index contributed by atoms with van der Waals surface area (Å²) < 4.78 is 0. The molecule has 2 aromatic rings. The number of anilines is 1. The molecule has 30 heavy (non-hydrogen) atoms. The maximum Gasteiger partial charge on any atom is 0.239 e. The first kappa shape index (κ1) is 19.2. The van der Waals surface area contributed by atoms with Crippen LogP contribution >= 0.6 is 0 Å². The Labute approximate surface area is 176 Å². The Morgan fingerprint density at radius 1 is 0.900 bits per heavy atom. The van der Waals surface area contributed by atoms with Crippen LogP contribution in [0.1, 0.15) is 39.9 Å². The van der Waals surface area contributed by atoms with E-state index in [1.54, 1.807) is 0 Å². The summed E-state index contributed by atoms with van der Waals surface area (Å²) >= 11 is 0. The fourth-order valence-corrected chi connectivity index (χ4v) is 5.70. The summed E-state index contributed by atoms with van der Waals surface area (Å²) in [5.41, 5.74) is 4.34. The number of benzene rings is 2. The van der Waals surface area contributed by atoms with Crippen molar-refractivity contribution in [2.24, 2.45) is 11.8 Å². The van der Waals surface area contributed by atoms with E-state index >= 15 is 0 Å². The molecular formula is C25H26N2O3. The van der Waals surface area contributed by atoms with E-state index in [1.165, 1.54) is 4.90 Å². The summed E-state index contributed by atoms with van der Waals surface area (Å²) in [6.07, 6.45) is 1.81. The van der Waals surface area contributed by atoms with Crippen LogP contribution in [0.5, 0.6) is 0 Å². The topological polar surface area (TPSA) is 57.7 Å². The van der Waals surface area contributed by atoms with Crippen molar-refractivity contribution in [1.82, 2.24) is 4.90 Å². The third kappa shape index (κ3) is 2.68. The number of aryl methyl sites for hydroxylation is 3. The van der Waals surface area contributed by atoms with E-state index < -0.39 is 17.9 Å². The zero-order valence-corrected chi connectivity index (χ0v) is 17.6. The lowest BCUT2D eigenvalue weighted by Gasteiger charge is -2.28. The number of hydrogen-bond donors (Lipinski definition) is 0. The Bertz CT molecular complexity index is 1060. The molecule has 0 N–H and O–H groups in total. The first-order valence-corrected chi connectivity index (χ1v) is 10.7. The Balaban J connectivity index is 1.56. The van der Waals surface area contributed by atoms with Gasteiger partial charge in [-0.3, -0.25) is 19.3 Å². The Morgan fingerprint density at radius 2 is 1.57 bits per heavy atom. The van der Waals surface area contributed by atoms with Crippen LogP contribution in [0, 0.1) is 32.6 Å². The first-order valence-electron chi connectivity index (χ1n) is 10.7. The number of hydrogen-bond acceptors (Lipinski definition) is 4. The second-order valence-corrected chi connectivity index (χ2v) is 8.98. The normalized spacial score (nSPS) is 28.2. The molecule has 0 saturated carbocycles. The predicted molar refractivity (Wildman–Crippen MR) is 114 cm³/mol. The predicted octanol–water partition coefficient (Wildman–Crippen LogP) is 3.45. The standard InChI is InChI=1S/C25H26N2O3/c1-14-6-9-17(10-7-14)23(28)22-21-20(19-5-4-12-26(19)22)24(29)27(25(21)30)18-11-8-15(2)13-16(18)3/h6-11,13,19-22H,4-5,12H2,1-3H3/t19-,20+,21-,22+/m1/s1. The van der Waals surface area contributed by atoms with Crippen LogP contribution < -0.4 is 4.90 Å². The number of amides is 2. The second kappa shape index (κ2) is 6.88. The van der Waals surface area contributed by atoms with E-state index in [2.05, 4.69) is 4.90 Å². The van der Waals surface area contributed by atoms with E-state index in [-0.39, 0.29) is 23.6 Å². The van der Waals surface area contributed by atoms with E-state index in [4.69, 9.17) is 0 Å². The summed E-state index contributed by atoms with van der Waals surface area (Å²) in [7, 11) is 0. The largest absolute Gasteiger partial charge is 0.292 e. The van der Waals surface area contributed by atoms with Gasteiger partial charge in [0.25, 0.3) is 0 Å². The van der Waals surface area contributed by atoms with E-state index in [0.29, 0.717) is 11.3 Å². The number of ketones is 1. The lowest BCUT2D eigenvalue weighted by Crippen LogP contribution is -2.46. The van der Waals surface area contributed by atoms with Crippen molar-refractivity contribution in [3.8, 4) is 0 Å². The molecule has 5 nitrogen and oxygen atoms in total. The summed E-state index contributed by atoms with van der Waals surface area (Å²) in [6.45, 7) is 6.67. The molecule has 2 aromatic carbocycles. The zero-order valence-electron chi connectivity index (χ0n) is 17.6. The van der Waals surface area contributed by atoms with Crippen LogP contribution in [0.4, 0.5) is 5.69 Å². The fraction of sp³-hybridized carbons (Fsp3) is 0.400. The van der Waals surface area contributed by atoms with Crippen molar-refractivity contribution in [2.75, 3.05) is 11.4 Å². The van der Waals surface area contributed by atoms with Gasteiger partial charge in [0.2, 0.25) is 11.8 Å². The van der Waals surface area contributed by atoms with Crippen LogP contribution in [0.15, 0.2) is 42.5 Å². The zero-order chi connectivity index (χ0) is 21.2. The summed E-state index contributed by atoms with van der Waals surface area (Å²) in [5, 5.41) is 0. The molecule has 3 aliphatic rings. The minimum atomic E-state index is -0.600. The van der Waals surface area contributed by atoms with Crippen molar-refractivity contribution < 1.29 is 14.4 Å². The molecule has 0 aromatic heterocycles. The van der Waals surface area contributed by atoms with Crippen molar-refractivity contribution in [3.05, 3.63) is 64.7 Å². The van der Waals surface area contributed by atoms with E-state index in [1.807, 2.05) is 63.2 Å². The average Bonchev–Trinajstić information content (AvgIpc) is 3.35. The van der Waals surface area contributed by atoms with E-state index in [0.717, 1.165) is 36.1 Å². The molecular weight excluding hydrogens is 376 g/mol. The van der Waals surface area contributed by atoms with Crippen LogP contribution in [-0.2, 0) is 9.59 Å². The number of nitrogens with zero attached hydrogens (tertiary/aromatic N) is 2. The lowest BCUT2D eigenvalue weighted by atomic mass is 9.85. The molecule has 2 amide bonds. The Morgan fingerprint density at radius 3 is 2.27 bits per heavy atom. The smallest absolute Gasteiger partial charge is 0.239 e.